The van der Waals surface area contributed by atoms with E-state index in [2.05, 4.69) is 216 Å². The van der Waals surface area contributed by atoms with E-state index in [0.717, 1.165) is 22.7 Å². The van der Waals surface area contributed by atoms with E-state index in [1.165, 1.54) is 97.6 Å². The van der Waals surface area contributed by atoms with Gasteiger partial charge in [-0.15, -0.1) is 0 Å². The van der Waals surface area contributed by atoms with Gasteiger partial charge in [0.05, 0.1) is 22.4 Å². The molecule has 2 nitrogen and oxygen atoms in total. The van der Waals surface area contributed by atoms with Gasteiger partial charge in [-0.2, -0.15) is 0 Å². The van der Waals surface area contributed by atoms with E-state index in [1.807, 2.05) is 0 Å². The number of aromatic nitrogens is 1. The summed E-state index contributed by atoms with van der Waals surface area (Å²) in [7, 11) is 0. The van der Waals surface area contributed by atoms with Crippen LogP contribution < -0.4 is 4.90 Å². The Bertz CT molecular complexity index is 3560. The summed E-state index contributed by atoms with van der Waals surface area (Å²) in [4.78, 5) is 2.52. The van der Waals surface area contributed by atoms with Crippen LogP contribution in [0.15, 0.2) is 206 Å². The molecule has 0 aliphatic rings. The minimum absolute atomic E-state index is 1.12. The van der Waals surface area contributed by atoms with E-state index < -0.39 is 0 Å². The maximum Gasteiger partial charge on any atom is 0.0547 e. The van der Waals surface area contributed by atoms with Gasteiger partial charge in [-0.05, 0) is 114 Å². The lowest BCUT2D eigenvalue weighted by Gasteiger charge is -2.30. The summed E-state index contributed by atoms with van der Waals surface area (Å²) in [5.74, 6) is 0. The summed E-state index contributed by atoms with van der Waals surface area (Å²) < 4.78 is 2.40. The molecule has 13 rings (SSSR count). The third-order valence-corrected chi connectivity index (χ3v) is 12.6. The molecular formula is C56H34N2. The van der Waals surface area contributed by atoms with Crippen LogP contribution in [-0.2, 0) is 0 Å². The van der Waals surface area contributed by atoms with Crippen molar-refractivity contribution in [3.8, 4) is 16.8 Å². The SMILES string of the molecule is c1ccc(-n2c3ccccc3c3c(-c4cccc(N(c5ccc6ccc7cccc8ccc5c6c78)c5ccc6ccc7cccc8ccc5c6c78)c4)cccc32)cc1. The molecule has 1 heterocycles. The molecule has 0 aliphatic heterocycles. The molecule has 0 saturated carbocycles. The predicted octanol–water partition coefficient (Wildman–Crippen LogP) is 15.7. The van der Waals surface area contributed by atoms with Crippen molar-refractivity contribution < 1.29 is 0 Å². The van der Waals surface area contributed by atoms with Gasteiger partial charge in [0.15, 0.2) is 0 Å². The first-order chi connectivity index (χ1) is 28.8. The highest BCUT2D eigenvalue weighted by molar-refractivity contribution is 6.28. The fourth-order valence-electron chi connectivity index (χ4n) is 10.2. The molecule has 0 fully saturated rings. The molecule has 0 bridgehead atoms. The van der Waals surface area contributed by atoms with Crippen molar-refractivity contribution in [3.05, 3.63) is 206 Å². The van der Waals surface area contributed by atoms with E-state index in [-0.39, 0.29) is 0 Å². The first-order valence-electron chi connectivity index (χ1n) is 20.1. The van der Waals surface area contributed by atoms with Crippen LogP contribution in [0.25, 0.3) is 103 Å². The van der Waals surface area contributed by atoms with Crippen molar-refractivity contribution in [3.63, 3.8) is 0 Å². The average molecular weight is 735 g/mol. The van der Waals surface area contributed by atoms with E-state index >= 15 is 0 Å². The van der Waals surface area contributed by atoms with E-state index in [1.54, 1.807) is 0 Å². The monoisotopic (exact) mass is 734 g/mol. The van der Waals surface area contributed by atoms with Gasteiger partial charge in [0.1, 0.15) is 0 Å². The quantitative estimate of drug-likeness (QED) is 0.160. The van der Waals surface area contributed by atoms with Crippen LogP contribution in [0.4, 0.5) is 17.1 Å². The van der Waals surface area contributed by atoms with E-state index in [9.17, 15) is 0 Å². The third-order valence-electron chi connectivity index (χ3n) is 12.6. The van der Waals surface area contributed by atoms with Gasteiger partial charge in [-0.1, -0.05) is 158 Å². The van der Waals surface area contributed by atoms with Gasteiger partial charge >= 0.3 is 0 Å². The van der Waals surface area contributed by atoms with Gasteiger partial charge in [-0.3, -0.25) is 0 Å². The van der Waals surface area contributed by atoms with Crippen molar-refractivity contribution in [2.45, 2.75) is 0 Å². The lowest BCUT2D eigenvalue weighted by atomic mass is 9.91. The number of hydrogen-bond donors (Lipinski definition) is 0. The normalized spacial score (nSPS) is 12.1. The molecule has 0 N–H and O–H groups in total. The summed E-state index contributed by atoms with van der Waals surface area (Å²) in [6, 6.07) is 76.5. The molecule has 0 unspecified atom stereocenters. The number of nitrogens with zero attached hydrogens (tertiary/aromatic N) is 2. The lowest BCUT2D eigenvalue weighted by molar-refractivity contribution is 1.18. The highest BCUT2D eigenvalue weighted by Crippen LogP contribution is 2.49. The molecule has 13 aromatic rings. The molecule has 0 spiro atoms. The van der Waals surface area contributed by atoms with Crippen LogP contribution in [0.2, 0.25) is 0 Å². The Morgan fingerprint density at radius 2 is 0.810 bits per heavy atom. The Balaban J connectivity index is 1.11. The molecule has 0 atom stereocenters. The standard InChI is InChI=1S/C56H34N2/c1-2-15-42(16-3-1)57-48-20-5-4-18-45(48)56-44(19-9-21-51(56)57)41-14-8-17-43(34-41)58(49-32-28-39-24-22-35-10-6-12-37-26-30-46(49)54(39)52(35)37)50-33-29-40-25-23-36-11-7-13-38-27-31-47(50)55(40)53(36)38/h1-34H. The Labute approximate surface area is 334 Å². The van der Waals surface area contributed by atoms with Gasteiger partial charge < -0.3 is 9.47 Å². The second-order valence-corrected chi connectivity index (χ2v) is 15.7. The molecule has 268 valence electrons. The van der Waals surface area contributed by atoms with Crippen molar-refractivity contribution in [2.24, 2.45) is 0 Å². The minimum Gasteiger partial charge on any atom is -0.309 e. The first-order valence-corrected chi connectivity index (χ1v) is 20.1. The second-order valence-electron chi connectivity index (χ2n) is 15.7. The number of para-hydroxylation sites is 2. The Hall–Kier alpha value is -7.68. The average Bonchev–Trinajstić information content (AvgIpc) is 3.63. The molecule has 0 radical (unpaired) electrons. The highest BCUT2D eigenvalue weighted by Gasteiger charge is 2.23. The number of rotatable bonds is 5. The molecule has 0 aliphatic carbocycles. The predicted molar refractivity (Wildman–Crippen MR) is 248 cm³/mol. The zero-order valence-electron chi connectivity index (χ0n) is 31.5. The molecule has 1 aromatic heterocycles. The third kappa shape index (κ3) is 4.37. The van der Waals surface area contributed by atoms with Crippen LogP contribution in [-0.4, -0.2) is 4.57 Å². The van der Waals surface area contributed by atoms with E-state index in [0.29, 0.717) is 0 Å². The first kappa shape index (κ1) is 31.5. The Kier molecular flexibility index (Phi) is 6.47. The second kappa shape index (κ2) is 11.9. The fourth-order valence-corrected chi connectivity index (χ4v) is 10.2. The van der Waals surface area contributed by atoms with Crippen molar-refractivity contribution >= 4 is 104 Å². The molecule has 2 heteroatoms. The zero-order chi connectivity index (χ0) is 37.9. The van der Waals surface area contributed by atoms with Crippen LogP contribution in [0.3, 0.4) is 0 Å². The topological polar surface area (TPSA) is 8.17 Å². The van der Waals surface area contributed by atoms with Crippen molar-refractivity contribution in [1.29, 1.82) is 0 Å². The number of anilines is 3. The lowest BCUT2D eigenvalue weighted by Crippen LogP contribution is -2.11. The molecule has 12 aromatic carbocycles. The van der Waals surface area contributed by atoms with Crippen LogP contribution in [0, 0.1) is 0 Å². The van der Waals surface area contributed by atoms with Gasteiger partial charge in [0.25, 0.3) is 0 Å². The maximum atomic E-state index is 2.52. The molecule has 0 saturated heterocycles. The summed E-state index contributed by atoms with van der Waals surface area (Å²) in [6.07, 6.45) is 0. The summed E-state index contributed by atoms with van der Waals surface area (Å²) in [5.41, 5.74) is 9.41. The Morgan fingerprint density at radius 3 is 1.45 bits per heavy atom. The van der Waals surface area contributed by atoms with E-state index in [4.69, 9.17) is 0 Å². The summed E-state index contributed by atoms with van der Waals surface area (Å²) in [6.45, 7) is 0. The van der Waals surface area contributed by atoms with Crippen LogP contribution >= 0.6 is 0 Å². The smallest absolute Gasteiger partial charge is 0.0547 e. The van der Waals surface area contributed by atoms with Crippen LogP contribution in [0.1, 0.15) is 0 Å². The van der Waals surface area contributed by atoms with Gasteiger partial charge in [0, 0.05) is 32.9 Å². The maximum absolute atomic E-state index is 2.52. The number of fused-ring (bicyclic) bond motifs is 3. The zero-order valence-corrected chi connectivity index (χ0v) is 31.5. The summed E-state index contributed by atoms with van der Waals surface area (Å²) in [5, 5.41) is 17.9. The Morgan fingerprint density at radius 1 is 0.310 bits per heavy atom. The van der Waals surface area contributed by atoms with Gasteiger partial charge in [-0.25, -0.2) is 0 Å². The molecule has 0 amide bonds. The molecular weight excluding hydrogens is 701 g/mol. The van der Waals surface area contributed by atoms with Crippen LogP contribution in [0.5, 0.6) is 0 Å². The largest absolute Gasteiger partial charge is 0.309 e. The highest BCUT2D eigenvalue weighted by atomic mass is 15.1. The van der Waals surface area contributed by atoms with Crippen molar-refractivity contribution in [1.82, 2.24) is 4.57 Å². The number of hydrogen-bond acceptors (Lipinski definition) is 1. The van der Waals surface area contributed by atoms with Gasteiger partial charge in [0.2, 0.25) is 0 Å². The minimum atomic E-state index is 1.12. The molecule has 58 heavy (non-hydrogen) atoms. The fraction of sp³-hybridized carbons (Fsp3) is 0. The van der Waals surface area contributed by atoms with Crippen molar-refractivity contribution in [2.75, 3.05) is 4.90 Å². The summed E-state index contributed by atoms with van der Waals surface area (Å²) >= 11 is 0. The number of benzene rings is 12.